The molecular weight excluding hydrogens is 641 g/mol. The number of hydrogen-bond acceptors (Lipinski definition) is 6. The number of aliphatic hydroxyl groups is 1. The Bertz CT molecular complexity index is 1660. The summed E-state index contributed by atoms with van der Waals surface area (Å²) in [6.45, 7) is 5.49. The Kier molecular flexibility index (Phi) is 10.5. The predicted molar refractivity (Wildman–Crippen MR) is 182 cm³/mol. The molecule has 1 heterocycles. The number of β-amino-alcohol motifs (C(OH)–C–C–N with tert-alkyl or cyclic N) is 1. The van der Waals surface area contributed by atoms with Crippen molar-refractivity contribution in [3.05, 3.63) is 94.3 Å². The molecule has 4 atom stereocenters. The van der Waals surface area contributed by atoms with Gasteiger partial charge in [-0.25, -0.2) is 9.18 Å². The number of benzene rings is 3. The van der Waals surface area contributed by atoms with Crippen LogP contribution in [0.25, 0.3) is 0 Å². The second kappa shape index (κ2) is 14.2. The van der Waals surface area contributed by atoms with Crippen LogP contribution >= 0.6 is 11.6 Å². The molecule has 0 bridgehead atoms. The smallest absolute Gasteiger partial charge is 0.322 e. The molecule has 0 aromatic heterocycles. The molecule has 248 valence electrons. The molecule has 3 aromatic rings. The molecule has 0 radical (unpaired) electrons. The van der Waals surface area contributed by atoms with Gasteiger partial charge in [-0.05, 0) is 99.2 Å². The predicted octanol–water partition coefficient (Wildman–Crippen LogP) is 6.44. The van der Waals surface area contributed by atoms with Crippen molar-refractivity contribution in [1.29, 1.82) is 5.26 Å². The Morgan fingerprint density at radius 1 is 1.09 bits per heavy atom. The second-order valence-electron chi connectivity index (χ2n) is 13.2. The minimum Gasteiger partial charge on any atom is -0.598 e. The quantitative estimate of drug-likeness (QED) is 0.182. The van der Waals surface area contributed by atoms with Crippen LogP contribution in [0.1, 0.15) is 69.6 Å². The summed E-state index contributed by atoms with van der Waals surface area (Å²) < 4.78 is 31.9. The molecule has 0 unspecified atom stereocenters. The third-order valence-electron chi connectivity index (χ3n) is 8.59. The molecule has 5 rings (SSSR count). The van der Waals surface area contributed by atoms with Crippen LogP contribution in [0, 0.1) is 23.1 Å². The number of nitriles is 1. The Morgan fingerprint density at radius 2 is 1.79 bits per heavy atom. The van der Waals surface area contributed by atoms with E-state index in [4.69, 9.17) is 11.6 Å². The lowest BCUT2D eigenvalue weighted by molar-refractivity contribution is -0.119. The maximum atomic E-state index is 15.5. The van der Waals surface area contributed by atoms with Gasteiger partial charge in [0.2, 0.25) is 5.91 Å². The van der Waals surface area contributed by atoms with Crippen LogP contribution in [0.4, 0.5) is 20.6 Å². The van der Waals surface area contributed by atoms with Gasteiger partial charge in [0.15, 0.2) is 0 Å². The number of halogens is 2. The number of rotatable bonds is 10. The van der Waals surface area contributed by atoms with E-state index in [9.17, 15) is 24.5 Å². The van der Waals surface area contributed by atoms with Crippen molar-refractivity contribution in [1.82, 2.24) is 9.62 Å². The zero-order valence-electron chi connectivity index (χ0n) is 26.6. The maximum absolute atomic E-state index is 15.5. The topological polar surface area (TPSA) is 141 Å². The largest absolute Gasteiger partial charge is 0.598 e. The minimum absolute atomic E-state index is 0.0282. The Labute approximate surface area is 282 Å². The number of nitrogens with zero attached hydrogens (tertiary/aromatic N) is 2. The number of hydrogen-bond donors (Lipinski definition) is 4. The van der Waals surface area contributed by atoms with E-state index < -0.39 is 51.5 Å². The summed E-state index contributed by atoms with van der Waals surface area (Å²) in [5, 5.41) is 26.0. The van der Waals surface area contributed by atoms with Gasteiger partial charge in [0.25, 0.3) is 0 Å². The van der Waals surface area contributed by atoms with E-state index in [0.29, 0.717) is 39.7 Å². The first-order valence-corrected chi connectivity index (χ1v) is 17.1. The van der Waals surface area contributed by atoms with Gasteiger partial charge in [0.1, 0.15) is 22.1 Å². The summed E-state index contributed by atoms with van der Waals surface area (Å²) in [6, 6.07) is 18.4. The Morgan fingerprint density at radius 3 is 2.45 bits per heavy atom. The number of carbonyl (C=O) groups is 2. The maximum Gasteiger partial charge on any atom is 0.322 e. The summed E-state index contributed by atoms with van der Waals surface area (Å²) >= 11 is 4.38. The number of carbonyl (C=O) groups excluding carboxylic acids is 2. The molecule has 9 nitrogen and oxygen atoms in total. The lowest BCUT2D eigenvalue weighted by atomic mass is 9.79. The van der Waals surface area contributed by atoms with Crippen LogP contribution in [0.2, 0.25) is 5.02 Å². The summed E-state index contributed by atoms with van der Waals surface area (Å²) in [4.78, 5) is 28.0. The molecule has 3 aromatic carbocycles. The van der Waals surface area contributed by atoms with Gasteiger partial charge in [0, 0.05) is 35.0 Å². The van der Waals surface area contributed by atoms with E-state index in [-0.39, 0.29) is 18.7 Å². The van der Waals surface area contributed by atoms with Crippen molar-refractivity contribution >= 4 is 46.3 Å². The van der Waals surface area contributed by atoms with E-state index >= 15 is 4.39 Å². The fourth-order valence-corrected chi connectivity index (χ4v) is 6.82. The van der Waals surface area contributed by atoms with Crippen LogP contribution in [0.15, 0.2) is 66.7 Å². The van der Waals surface area contributed by atoms with Gasteiger partial charge < -0.3 is 25.2 Å². The fourth-order valence-electron chi connectivity index (χ4n) is 5.73. The number of urea groups is 1. The molecule has 47 heavy (non-hydrogen) atoms. The highest BCUT2D eigenvalue weighted by Gasteiger charge is 2.44. The number of likely N-dealkylation sites (tertiary alicyclic amines) is 1. The zero-order valence-corrected chi connectivity index (χ0v) is 28.1. The first-order chi connectivity index (χ1) is 22.3. The van der Waals surface area contributed by atoms with Crippen LogP contribution in [-0.4, -0.2) is 49.9 Å². The molecule has 1 aliphatic heterocycles. The average molecular weight is 680 g/mol. The average Bonchev–Trinajstić information content (AvgIpc) is 3.79. The molecule has 1 aliphatic carbocycles. The second-order valence-corrected chi connectivity index (χ2v) is 15.6. The van der Waals surface area contributed by atoms with Gasteiger partial charge in [0.05, 0.1) is 23.4 Å². The monoisotopic (exact) mass is 679 g/mol. The van der Waals surface area contributed by atoms with Gasteiger partial charge in [-0.2, -0.15) is 5.26 Å². The van der Waals surface area contributed by atoms with Gasteiger partial charge in [-0.3, -0.25) is 4.79 Å². The van der Waals surface area contributed by atoms with E-state index in [1.54, 1.807) is 48.5 Å². The normalized spacial score (nSPS) is 19.8. The molecular formula is C35H39ClFN5O4S. The lowest BCUT2D eigenvalue weighted by Gasteiger charge is -2.39. The van der Waals surface area contributed by atoms with Crippen molar-refractivity contribution in [3.8, 4) is 6.07 Å². The molecule has 1 saturated heterocycles. The first kappa shape index (κ1) is 34.7. The third kappa shape index (κ3) is 8.26. The van der Waals surface area contributed by atoms with E-state index in [0.717, 1.165) is 19.3 Å². The van der Waals surface area contributed by atoms with Gasteiger partial charge in [-0.1, -0.05) is 42.6 Å². The van der Waals surface area contributed by atoms with E-state index in [2.05, 4.69) is 21.4 Å². The molecule has 1 saturated carbocycles. The van der Waals surface area contributed by atoms with Crippen molar-refractivity contribution in [2.75, 3.05) is 17.2 Å². The highest BCUT2D eigenvalue weighted by atomic mass is 35.5. The Hall–Kier alpha value is -3.66. The number of aliphatic hydroxyl groups excluding tert-OH is 1. The first-order valence-electron chi connectivity index (χ1n) is 15.6. The molecule has 0 spiro atoms. The number of anilines is 2. The van der Waals surface area contributed by atoms with E-state index in [1.807, 2.05) is 26.8 Å². The summed E-state index contributed by atoms with van der Waals surface area (Å²) in [5.74, 6) is -0.849. The lowest BCUT2D eigenvalue weighted by Crippen LogP contribution is -2.52. The van der Waals surface area contributed by atoms with Gasteiger partial charge >= 0.3 is 6.03 Å². The molecule has 4 N–H and O–H groups in total. The molecule has 2 fully saturated rings. The zero-order chi connectivity index (χ0) is 33.9. The minimum atomic E-state index is -1.57. The highest BCUT2D eigenvalue weighted by Crippen LogP contribution is 2.43. The van der Waals surface area contributed by atoms with Crippen molar-refractivity contribution < 1.29 is 23.6 Å². The number of amides is 3. The summed E-state index contributed by atoms with van der Waals surface area (Å²) in [7, 11) is 0. The summed E-state index contributed by atoms with van der Waals surface area (Å²) in [5.41, 5.74) is 0.932. The SMILES string of the molecule is CC(C)(C)[S@@+]([O-])N[C@](CCC1CC1)(c1cccc(C#N)c1)c1ccc(F)c(NC(=O)[C@H]2C[C@@H](O)CN2C(=O)Nc2ccc(Cl)cc2)c1. The Balaban J connectivity index is 1.48. The summed E-state index contributed by atoms with van der Waals surface area (Å²) in [6.07, 6.45) is 2.53. The highest BCUT2D eigenvalue weighted by molar-refractivity contribution is 7.90. The van der Waals surface area contributed by atoms with Gasteiger partial charge in [-0.15, -0.1) is 4.72 Å². The van der Waals surface area contributed by atoms with E-state index in [1.165, 1.54) is 17.0 Å². The van der Waals surface area contributed by atoms with Crippen molar-refractivity contribution in [2.45, 2.75) is 75.3 Å². The van der Waals surface area contributed by atoms with Crippen LogP contribution in [-0.2, 0) is 21.7 Å². The standard InChI is InChI=1S/C35H39ClFN5O4S/c1-34(2,3)47(46)41-35(16-15-22-7-8-22,24-6-4-5-23(17-24)20-38)25-9-14-29(37)30(18-25)40-32(44)31-19-28(43)21-42(31)33(45)39-27-12-10-26(36)11-13-27/h4-6,9-14,17-18,22,28,31,41,43H,7-8,15-16,19,21H2,1-3H3,(H,39,45)(H,40,44)/t28-,31-,35-,47-/m1/s1. The molecule has 12 heteroatoms. The third-order valence-corrected chi connectivity index (χ3v) is 10.5. The van der Waals surface area contributed by atoms with Crippen LogP contribution < -0.4 is 15.4 Å². The van der Waals surface area contributed by atoms with Crippen molar-refractivity contribution in [3.63, 3.8) is 0 Å². The molecule has 2 aliphatic rings. The van der Waals surface area contributed by atoms with Crippen LogP contribution in [0.3, 0.4) is 0 Å². The van der Waals surface area contributed by atoms with Crippen molar-refractivity contribution in [2.24, 2.45) is 5.92 Å². The fraction of sp³-hybridized carbons (Fsp3) is 0.400. The number of nitrogens with one attached hydrogen (secondary N) is 3. The molecule has 3 amide bonds. The van der Waals surface area contributed by atoms with Crippen LogP contribution in [0.5, 0.6) is 0 Å².